The zero-order valence-corrected chi connectivity index (χ0v) is 15.1. The van der Waals surface area contributed by atoms with E-state index in [0.717, 1.165) is 0 Å². The lowest BCUT2D eigenvalue weighted by Gasteiger charge is -2.36. The highest BCUT2D eigenvalue weighted by atomic mass is 19.4. The number of esters is 2. The van der Waals surface area contributed by atoms with Crippen molar-refractivity contribution >= 4 is 29.1 Å². The molecule has 1 fully saturated rings. The van der Waals surface area contributed by atoms with Crippen LogP contribution in [0, 0.1) is 26.1 Å². The highest BCUT2D eigenvalue weighted by Crippen LogP contribution is 2.46. The van der Waals surface area contributed by atoms with Crippen molar-refractivity contribution in [3.8, 4) is 0 Å². The molecule has 1 saturated carbocycles. The van der Waals surface area contributed by atoms with E-state index in [2.05, 4.69) is 9.47 Å². The van der Waals surface area contributed by atoms with Gasteiger partial charge in [-0.05, 0) is 12.8 Å². The van der Waals surface area contributed by atoms with Gasteiger partial charge in [0, 0.05) is 18.6 Å². The summed E-state index contributed by atoms with van der Waals surface area (Å²) in [5.41, 5.74) is -6.93. The quantitative estimate of drug-likeness (QED) is 0.373. The van der Waals surface area contributed by atoms with Crippen LogP contribution in [0.5, 0.6) is 0 Å². The van der Waals surface area contributed by atoms with Crippen LogP contribution in [-0.4, -0.2) is 46.5 Å². The summed E-state index contributed by atoms with van der Waals surface area (Å²) in [6.07, 6.45) is -6.32. The molecule has 1 aromatic carbocycles. The van der Waals surface area contributed by atoms with E-state index in [1.807, 2.05) is 0 Å². The van der Waals surface area contributed by atoms with Crippen molar-refractivity contribution in [2.24, 2.45) is 5.92 Å². The Morgan fingerprint density at radius 3 is 2.00 bits per heavy atom. The summed E-state index contributed by atoms with van der Waals surface area (Å²) in [4.78, 5) is 56.3. The Kier molecular flexibility index (Phi) is 6.09. The highest BCUT2D eigenvalue weighted by Gasteiger charge is 2.71. The summed E-state index contributed by atoms with van der Waals surface area (Å²) in [6.45, 7) is 0. The topological polar surface area (TPSA) is 156 Å². The van der Waals surface area contributed by atoms with Crippen molar-refractivity contribution in [2.45, 2.75) is 31.0 Å². The number of ketones is 1. The van der Waals surface area contributed by atoms with E-state index in [9.17, 15) is 47.8 Å². The largest absolute Gasteiger partial charge is 0.466 e. The Morgan fingerprint density at radius 2 is 1.63 bits per heavy atom. The summed E-state index contributed by atoms with van der Waals surface area (Å²) in [6, 6.07) is 1.38. The van der Waals surface area contributed by atoms with Crippen molar-refractivity contribution in [3.05, 3.63) is 44.0 Å². The molecule has 0 aliphatic heterocycles. The molecule has 30 heavy (non-hydrogen) atoms. The maximum atomic E-state index is 14.0. The first kappa shape index (κ1) is 22.7. The van der Waals surface area contributed by atoms with Gasteiger partial charge in [0.1, 0.15) is 5.78 Å². The molecule has 2 unspecified atom stereocenters. The molecule has 0 aromatic heterocycles. The van der Waals surface area contributed by atoms with Gasteiger partial charge in [-0.2, -0.15) is 13.2 Å². The number of hydrogen-bond acceptors (Lipinski definition) is 9. The number of methoxy groups -OCH3 is 1. The molecule has 0 radical (unpaired) electrons. The number of carbonyl (C=O) groups is 3. The molecule has 0 heterocycles. The van der Waals surface area contributed by atoms with E-state index >= 15 is 0 Å². The standard InChI is InChI=1S/C16H13F3N2O9/c1-29-14(24)15(16(17,18)19,11-3-2-4-12(11)22)30-13(23)8-5-9(20(25)26)7-10(6-8)21(27)28/h5-7,11H,2-4H2,1H3. The van der Waals surface area contributed by atoms with Crippen molar-refractivity contribution in [2.75, 3.05) is 7.11 Å². The van der Waals surface area contributed by atoms with Crippen LogP contribution in [0.4, 0.5) is 24.5 Å². The Labute approximate surface area is 165 Å². The molecular weight excluding hydrogens is 421 g/mol. The number of nitro benzene ring substituents is 2. The van der Waals surface area contributed by atoms with Crippen LogP contribution in [0.3, 0.4) is 0 Å². The number of nitrogens with zero attached hydrogens (tertiary/aromatic N) is 2. The number of ether oxygens (including phenoxy) is 2. The predicted molar refractivity (Wildman–Crippen MR) is 88.3 cm³/mol. The summed E-state index contributed by atoms with van der Waals surface area (Å²) >= 11 is 0. The average Bonchev–Trinajstić information content (AvgIpc) is 3.09. The molecule has 0 amide bonds. The van der Waals surface area contributed by atoms with E-state index in [1.165, 1.54) is 0 Å². The van der Waals surface area contributed by atoms with Gasteiger partial charge in [-0.3, -0.25) is 25.0 Å². The molecule has 0 N–H and O–H groups in total. The number of halogens is 3. The second kappa shape index (κ2) is 8.04. The van der Waals surface area contributed by atoms with Gasteiger partial charge in [-0.15, -0.1) is 0 Å². The minimum atomic E-state index is -5.59. The zero-order chi connectivity index (χ0) is 22.9. The van der Waals surface area contributed by atoms with E-state index in [4.69, 9.17) is 0 Å². The smallest absolute Gasteiger partial charge is 0.440 e. The van der Waals surface area contributed by atoms with E-state index < -0.39 is 68.6 Å². The van der Waals surface area contributed by atoms with Gasteiger partial charge in [0.05, 0.1) is 34.5 Å². The lowest BCUT2D eigenvalue weighted by atomic mass is 9.84. The van der Waals surface area contributed by atoms with E-state index in [-0.39, 0.29) is 12.8 Å². The molecule has 1 aliphatic carbocycles. The van der Waals surface area contributed by atoms with Crippen LogP contribution in [0.25, 0.3) is 0 Å². The third-order valence-electron chi connectivity index (χ3n) is 4.52. The van der Waals surface area contributed by atoms with E-state index in [0.29, 0.717) is 25.3 Å². The highest BCUT2D eigenvalue weighted by molar-refractivity contribution is 5.98. The van der Waals surface area contributed by atoms with Crippen molar-refractivity contribution in [1.29, 1.82) is 0 Å². The molecule has 2 rings (SSSR count). The molecule has 162 valence electrons. The summed E-state index contributed by atoms with van der Waals surface area (Å²) in [5, 5.41) is 21.9. The minimum absolute atomic E-state index is 0.00183. The Morgan fingerprint density at radius 1 is 1.10 bits per heavy atom. The molecule has 11 nitrogen and oxygen atoms in total. The first-order valence-electron chi connectivity index (χ1n) is 8.20. The van der Waals surface area contributed by atoms with Crippen LogP contribution in [0.15, 0.2) is 18.2 Å². The molecule has 0 saturated heterocycles. The molecule has 14 heteroatoms. The van der Waals surface area contributed by atoms with Crippen molar-refractivity contribution < 1.29 is 46.9 Å². The number of hydrogen-bond donors (Lipinski definition) is 0. The zero-order valence-electron chi connectivity index (χ0n) is 15.1. The monoisotopic (exact) mass is 434 g/mol. The van der Waals surface area contributed by atoms with Gasteiger partial charge in [0.15, 0.2) is 0 Å². The fourth-order valence-corrected chi connectivity index (χ4v) is 3.15. The lowest BCUT2D eigenvalue weighted by molar-refractivity contribution is -0.394. The van der Waals surface area contributed by atoms with Crippen molar-refractivity contribution in [1.82, 2.24) is 0 Å². The fraction of sp³-hybridized carbons (Fsp3) is 0.438. The van der Waals surface area contributed by atoms with Crippen LogP contribution >= 0.6 is 0 Å². The lowest BCUT2D eigenvalue weighted by Crippen LogP contribution is -2.61. The number of nitro groups is 2. The number of benzene rings is 1. The van der Waals surface area contributed by atoms with Gasteiger partial charge in [-0.25, -0.2) is 9.59 Å². The van der Waals surface area contributed by atoms with Gasteiger partial charge in [-0.1, -0.05) is 0 Å². The number of non-ortho nitro benzene ring substituents is 2. The fourth-order valence-electron chi connectivity index (χ4n) is 3.15. The second-order valence-electron chi connectivity index (χ2n) is 6.28. The normalized spacial score (nSPS) is 18.4. The first-order chi connectivity index (χ1) is 13.8. The maximum Gasteiger partial charge on any atom is 0.440 e. The second-order valence-corrected chi connectivity index (χ2v) is 6.28. The van der Waals surface area contributed by atoms with E-state index in [1.54, 1.807) is 0 Å². The van der Waals surface area contributed by atoms with Crippen LogP contribution in [0.1, 0.15) is 29.6 Å². The van der Waals surface area contributed by atoms with Crippen LogP contribution in [-0.2, 0) is 19.1 Å². The Balaban J connectivity index is 2.62. The molecule has 1 aromatic rings. The van der Waals surface area contributed by atoms with Gasteiger partial charge in [0.2, 0.25) is 0 Å². The maximum absolute atomic E-state index is 14.0. The molecule has 0 bridgehead atoms. The molecule has 0 spiro atoms. The van der Waals surface area contributed by atoms with Gasteiger partial charge >= 0.3 is 23.7 Å². The summed E-state index contributed by atoms with van der Waals surface area (Å²) in [7, 11) is 0.592. The van der Waals surface area contributed by atoms with Crippen molar-refractivity contribution in [3.63, 3.8) is 0 Å². The third-order valence-corrected chi connectivity index (χ3v) is 4.52. The predicted octanol–water partition coefficient (Wildman–Crippen LogP) is 2.50. The minimum Gasteiger partial charge on any atom is -0.466 e. The van der Waals surface area contributed by atoms with Crippen LogP contribution in [0.2, 0.25) is 0 Å². The summed E-state index contributed by atoms with van der Waals surface area (Å²) in [5.74, 6) is -7.08. The Bertz CT molecular complexity index is 899. The van der Waals surface area contributed by atoms with Gasteiger partial charge in [0.25, 0.3) is 11.4 Å². The number of alkyl halides is 3. The SMILES string of the molecule is COC(=O)C(OC(=O)c1cc([N+](=O)[O-])cc([N+](=O)[O-])c1)(C1CCCC1=O)C(F)(F)F. The summed E-state index contributed by atoms with van der Waals surface area (Å²) < 4.78 is 50.6. The van der Waals surface area contributed by atoms with Crippen LogP contribution < -0.4 is 0 Å². The molecular formula is C16H13F3N2O9. The molecule has 1 aliphatic rings. The number of carbonyl (C=O) groups excluding carboxylic acids is 3. The third kappa shape index (κ3) is 3.92. The Hall–Kier alpha value is -3.58. The number of Topliss-reactive ketones (excluding diaryl/α,β-unsaturated/α-hetero) is 1. The van der Waals surface area contributed by atoms with Gasteiger partial charge < -0.3 is 9.47 Å². The number of rotatable bonds is 6. The molecule has 2 atom stereocenters. The average molecular weight is 434 g/mol. The first-order valence-corrected chi connectivity index (χ1v) is 8.20.